The van der Waals surface area contributed by atoms with Gasteiger partial charge in [0.2, 0.25) is 0 Å². The first kappa shape index (κ1) is 29.3. The van der Waals surface area contributed by atoms with Crippen molar-refractivity contribution in [3.63, 3.8) is 0 Å². The van der Waals surface area contributed by atoms with Gasteiger partial charge in [0.05, 0.1) is 0 Å². The van der Waals surface area contributed by atoms with Crippen LogP contribution in [0, 0.1) is 5.92 Å². The molecule has 38 heavy (non-hydrogen) atoms. The molecule has 1 atom stereocenters. The highest BCUT2D eigenvalue weighted by molar-refractivity contribution is 5.66. The van der Waals surface area contributed by atoms with Gasteiger partial charge < -0.3 is 10.2 Å². The van der Waals surface area contributed by atoms with Gasteiger partial charge in [-0.1, -0.05) is 98.9 Å². The summed E-state index contributed by atoms with van der Waals surface area (Å²) in [7, 11) is 0. The maximum absolute atomic E-state index is 4.62. The minimum atomic E-state index is -0.0428. The summed E-state index contributed by atoms with van der Waals surface area (Å²) in [4.78, 5) is 2.44. The van der Waals surface area contributed by atoms with Crippen LogP contribution in [0.3, 0.4) is 0 Å². The molecule has 0 fully saturated rings. The summed E-state index contributed by atoms with van der Waals surface area (Å²) in [5.41, 5.74) is 8.57. The summed E-state index contributed by atoms with van der Waals surface area (Å²) in [6.45, 7) is 25.5. The number of nitrogens with one attached hydrogen (secondary N) is 1. The quantitative estimate of drug-likeness (QED) is 0.278. The fraction of sp³-hybridized carbons (Fsp3) is 0.389. The minimum Gasteiger partial charge on any atom is -0.380 e. The Morgan fingerprint density at radius 2 is 1.32 bits per heavy atom. The van der Waals surface area contributed by atoms with Gasteiger partial charge in [-0.15, -0.1) is 0 Å². The van der Waals surface area contributed by atoms with Crippen LogP contribution in [0.5, 0.6) is 0 Å². The molecule has 0 aliphatic rings. The number of aryl methyl sites for hydroxylation is 1. The average molecular weight is 509 g/mol. The van der Waals surface area contributed by atoms with Crippen molar-refractivity contribution in [1.82, 2.24) is 10.2 Å². The van der Waals surface area contributed by atoms with Crippen molar-refractivity contribution in [2.24, 2.45) is 5.92 Å². The molecule has 2 nitrogen and oxygen atoms in total. The van der Waals surface area contributed by atoms with Crippen LogP contribution in [0.2, 0.25) is 0 Å². The first-order chi connectivity index (χ1) is 17.8. The summed E-state index contributed by atoms with van der Waals surface area (Å²) in [5.74, 6) is 0.540. The second-order valence-corrected chi connectivity index (χ2v) is 12.7. The molecule has 1 N–H and O–H groups in total. The Morgan fingerprint density at radius 1 is 0.763 bits per heavy atom. The number of nitrogens with zero attached hydrogens (tertiary/aromatic N) is 1. The third kappa shape index (κ3) is 8.38. The molecule has 0 aliphatic heterocycles. The number of rotatable bonds is 11. The molecule has 202 valence electrons. The van der Waals surface area contributed by atoms with E-state index in [9.17, 15) is 0 Å². The van der Waals surface area contributed by atoms with E-state index in [0.29, 0.717) is 5.92 Å². The first-order valence-corrected chi connectivity index (χ1v) is 14.0. The lowest BCUT2D eigenvalue weighted by Crippen LogP contribution is -2.39. The van der Waals surface area contributed by atoms with Crippen LogP contribution < -0.4 is 5.32 Å². The van der Waals surface area contributed by atoms with Crippen LogP contribution >= 0.6 is 0 Å². The van der Waals surface area contributed by atoms with E-state index in [1.54, 1.807) is 0 Å². The van der Waals surface area contributed by atoms with Gasteiger partial charge in [-0.05, 0) is 83.4 Å². The first-order valence-electron chi connectivity index (χ1n) is 14.0. The number of hydrogen-bond donors (Lipinski definition) is 1. The zero-order valence-corrected chi connectivity index (χ0v) is 24.8. The van der Waals surface area contributed by atoms with Crippen molar-refractivity contribution in [1.29, 1.82) is 0 Å². The highest BCUT2D eigenvalue weighted by atomic mass is 15.2. The molecule has 0 aromatic heterocycles. The fourth-order valence-corrected chi connectivity index (χ4v) is 5.06. The van der Waals surface area contributed by atoms with Crippen molar-refractivity contribution in [2.45, 2.75) is 85.4 Å². The Labute approximate surface area is 232 Å². The van der Waals surface area contributed by atoms with Gasteiger partial charge in [-0.3, -0.25) is 0 Å². The van der Waals surface area contributed by atoms with E-state index in [1.165, 1.54) is 27.8 Å². The van der Waals surface area contributed by atoms with Crippen LogP contribution in [0.15, 0.2) is 92.0 Å². The number of benzene rings is 3. The molecular weight excluding hydrogens is 460 g/mol. The standard InChI is InChI=1S/C36H48N2/c1-27(23-24-31-19-13-15-21-33(31)28(2)37-35(4,5)6)25-32-20-14-16-22-34(32)29(3)38(36(7,8)9)26-30-17-11-10-12-18-30/h10-22,27,37H,2-3,23-26H2,1,4-9H3. The molecule has 3 aromatic rings. The molecule has 0 aliphatic carbocycles. The fourth-order valence-electron chi connectivity index (χ4n) is 5.06. The summed E-state index contributed by atoms with van der Waals surface area (Å²) < 4.78 is 0. The maximum atomic E-state index is 4.62. The molecule has 0 heterocycles. The van der Waals surface area contributed by atoms with E-state index in [2.05, 4.69) is 151 Å². The zero-order chi connectivity index (χ0) is 27.9. The summed E-state index contributed by atoms with van der Waals surface area (Å²) >= 11 is 0. The molecule has 1 unspecified atom stereocenters. The average Bonchev–Trinajstić information content (AvgIpc) is 2.85. The van der Waals surface area contributed by atoms with Crippen molar-refractivity contribution < 1.29 is 0 Å². The van der Waals surface area contributed by atoms with Gasteiger partial charge in [0.25, 0.3) is 0 Å². The summed E-state index contributed by atoms with van der Waals surface area (Å²) in [6, 6.07) is 28.2. The van der Waals surface area contributed by atoms with Crippen LogP contribution in [0.4, 0.5) is 0 Å². The Kier molecular flexibility index (Phi) is 9.66. The number of hydrogen-bond acceptors (Lipinski definition) is 2. The van der Waals surface area contributed by atoms with Gasteiger partial charge in [0.15, 0.2) is 0 Å². The molecule has 2 heteroatoms. The molecule has 0 bridgehead atoms. The van der Waals surface area contributed by atoms with E-state index >= 15 is 0 Å². The predicted octanol–water partition coefficient (Wildman–Crippen LogP) is 9.13. The minimum absolute atomic E-state index is 0.00889. The lowest BCUT2D eigenvalue weighted by molar-refractivity contribution is 0.214. The largest absolute Gasteiger partial charge is 0.380 e. The molecule has 0 saturated heterocycles. The van der Waals surface area contributed by atoms with E-state index in [-0.39, 0.29) is 11.1 Å². The van der Waals surface area contributed by atoms with E-state index in [0.717, 1.165) is 37.2 Å². The van der Waals surface area contributed by atoms with Crippen molar-refractivity contribution in [3.05, 3.63) is 120 Å². The van der Waals surface area contributed by atoms with E-state index in [1.807, 2.05) is 0 Å². The van der Waals surface area contributed by atoms with E-state index < -0.39 is 0 Å². The van der Waals surface area contributed by atoms with E-state index in [4.69, 9.17) is 0 Å². The third-order valence-electron chi connectivity index (χ3n) is 6.99. The normalized spacial score (nSPS) is 12.6. The highest BCUT2D eigenvalue weighted by Crippen LogP contribution is 2.32. The molecule has 0 radical (unpaired) electrons. The Bertz CT molecular complexity index is 1210. The summed E-state index contributed by atoms with van der Waals surface area (Å²) in [5, 5.41) is 3.55. The van der Waals surface area contributed by atoms with Crippen molar-refractivity contribution >= 4 is 11.4 Å². The highest BCUT2D eigenvalue weighted by Gasteiger charge is 2.25. The van der Waals surface area contributed by atoms with Crippen LogP contribution in [-0.4, -0.2) is 16.0 Å². The van der Waals surface area contributed by atoms with Crippen molar-refractivity contribution in [2.75, 3.05) is 0 Å². The van der Waals surface area contributed by atoms with Crippen LogP contribution in [0.25, 0.3) is 11.4 Å². The Morgan fingerprint density at radius 3 is 1.92 bits per heavy atom. The van der Waals surface area contributed by atoms with Gasteiger partial charge in [0.1, 0.15) is 0 Å². The van der Waals surface area contributed by atoms with Gasteiger partial charge in [-0.2, -0.15) is 0 Å². The lowest BCUT2D eigenvalue weighted by atomic mass is 9.89. The van der Waals surface area contributed by atoms with Crippen molar-refractivity contribution in [3.8, 4) is 0 Å². The Hall–Kier alpha value is -3.26. The maximum Gasteiger partial charge on any atom is 0.0434 e. The van der Waals surface area contributed by atoms with Gasteiger partial charge in [0, 0.05) is 40.1 Å². The SMILES string of the molecule is C=C(NC(C)(C)C)c1ccccc1CCC(C)Cc1ccccc1C(=C)N(Cc1ccccc1)C(C)(C)C. The second kappa shape index (κ2) is 12.5. The predicted molar refractivity (Wildman–Crippen MR) is 167 cm³/mol. The van der Waals surface area contributed by atoms with Crippen LogP contribution in [0.1, 0.15) is 82.7 Å². The zero-order valence-electron chi connectivity index (χ0n) is 24.8. The molecular formula is C36H48N2. The van der Waals surface area contributed by atoms with Crippen LogP contribution in [-0.2, 0) is 19.4 Å². The topological polar surface area (TPSA) is 15.3 Å². The lowest BCUT2D eigenvalue weighted by Gasteiger charge is -2.40. The monoisotopic (exact) mass is 508 g/mol. The molecule has 0 amide bonds. The smallest absolute Gasteiger partial charge is 0.0434 e. The third-order valence-corrected chi connectivity index (χ3v) is 6.99. The summed E-state index contributed by atoms with van der Waals surface area (Å²) in [6.07, 6.45) is 3.18. The second-order valence-electron chi connectivity index (χ2n) is 12.7. The molecule has 3 rings (SSSR count). The molecule has 3 aromatic carbocycles. The molecule has 0 saturated carbocycles. The molecule has 0 spiro atoms. The van der Waals surface area contributed by atoms with Gasteiger partial charge >= 0.3 is 0 Å². The Balaban J connectivity index is 1.74. The van der Waals surface area contributed by atoms with Gasteiger partial charge in [-0.25, -0.2) is 0 Å².